The highest BCUT2D eigenvalue weighted by molar-refractivity contribution is 9.10. The van der Waals surface area contributed by atoms with Gasteiger partial charge >= 0.3 is 0 Å². The summed E-state index contributed by atoms with van der Waals surface area (Å²) in [5.41, 5.74) is 2.02. The number of allylic oxidation sites excluding steroid dienone is 2. The molecule has 1 rings (SSSR count). The SMILES string of the molecule is C=C/C=C(\CCC)CC(NC)C(=O)Nc1cccc(Br)c1. The van der Waals surface area contributed by atoms with Crippen molar-refractivity contribution in [3.63, 3.8) is 0 Å². The zero-order valence-corrected chi connectivity index (χ0v) is 14.2. The fraction of sp³-hybridized carbons (Fsp3) is 0.353. The predicted octanol–water partition coefficient (Wildman–Crippen LogP) is 4.28. The summed E-state index contributed by atoms with van der Waals surface area (Å²) in [4.78, 5) is 12.4. The largest absolute Gasteiger partial charge is 0.325 e. The van der Waals surface area contributed by atoms with E-state index in [0.29, 0.717) is 6.42 Å². The first-order valence-corrected chi connectivity index (χ1v) is 7.94. The molecule has 21 heavy (non-hydrogen) atoms. The second kappa shape index (κ2) is 9.53. The molecule has 0 fully saturated rings. The smallest absolute Gasteiger partial charge is 0.241 e. The second-order valence-electron chi connectivity index (χ2n) is 4.86. The van der Waals surface area contributed by atoms with Crippen LogP contribution in [0.25, 0.3) is 0 Å². The van der Waals surface area contributed by atoms with Crippen molar-refractivity contribution in [2.45, 2.75) is 32.2 Å². The molecule has 0 aliphatic rings. The van der Waals surface area contributed by atoms with Crippen molar-refractivity contribution < 1.29 is 4.79 Å². The van der Waals surface area contributed by atoms with Crippen molar-refractivity contribution in [2.24, 2.45) is 0 Å². The second-order valence-corrected chi connectivity index (χ2v) is 5.77. The molecule has 1 aromatic carbocycles. The van der Waals surface area contributed by atoms with Gasteiger partial charge in [0.2, 0.25) is 5.91 Å². The first kappa shape index (κ1) is 17.7. The molecule has 4 heteroatoms. The molecular weight excluding hydrogens is 328 g/mol. The van der Waals surface area contributed by atoms with Crippen molar-refractivity contribution in [3.8, 4) is 0 Å². The van der Waals surface area contributed by atoms with E-state index in [-0.39, 0.29) is 11.9 Å². The van der Waals surface area contributed by atoms with E-state index in [1.54, 1.807) is 6.08 Å². The Morgan fingerprint density at radius 2 is 2.24 bits per heavy atom. The Hall–Kier alpha value is -1.39. The Balaban J connectivity index is 2.72. The maximum Gasteiger partial charge on any atom is 0.241 e. The van der Waals surface area contributed by atoms with Crippen LogP contribution in [0.4, 0.5) is 5.69 Å². The lowest BCUT2D eigenvalue weighted by Crippen LogP contribution is -2.38. The number of hydrogen-bond donors (Lipinski definition) is 2. The zero-order valence-electron chi connectivity index (χ0n) is 12.7. The number of benzene rings is 1. The molecule has 0 spiro atoms. The first-order chi connectivity index (χ1) is 10.1. The molecule has 3 nitrogen and oxygen atoms in total. The van der Waals surface area contributed by atoms with E-state index in [1.807, 2.05) is 37.4 Å². The average molecular weight is 351 g/mol. The van der Waals surface area contributed by atoms with Gasteiger partial charge in [0.25, 0.3) is 0 Å². The third kappa shape index (κ3) is 6.27. The highest BCUT2D eigenvalue weighted by Gasteiger charge is 2.17. The number of hydrogen-bond acceptors (Lipinski definition) is 2. The quantitative estimate of drug-likeness (QED) is 0.687. The van der Waals surface area contributed by atoms with Gasteiger partial charge in [-0.15, -0.1) is 0 Å². The highest BCUT2D eigenvalue weighted by atomic mass is 79.9. The molecule has 0 saturated heterocycles. The van der Waals surface area contributed by atoms with Gasteiger partial charge in [-0.3, -0.25) is 4.79 Å². The number of amides is 1. The normalized spacial score (nSPS) is 12.8. The minimum absolute atomic E-state index is 0.0262. The number of carbonyl (C=O) groups is 1. The highest BCUT2D eigenvalue weighted by Crippen LogP contribution is 2.17. The molecule has 0 saturated carbocycles. The summed E-state index contributed by atoms with van der Waals surface area (Å²) in [6, 6.07) is 7.34. The van der Waals surface area contributed by atoms with Crippen LogP contribution in [0.2, 0.25) is 0 Å². The van der Waals surface area contributed by atoms with Gasteiger partial charge in [-0.2, -0.15) is 0 Å². The van der Waals surface area contributed by atoms with E-state index in [2.05, 4.69) is 40.1 Å². The number of rotatable bonds is 8. The van der Waals surface area contributed by atoms with Gasteiger partial charge in [0.05, 0.1) is 6.04 Å². The van der Waals surface area contributed by atoms with Gasteiger partial charge in [0, 0.05) is 10.2 Å². The number of nitrogens with one attached hydrogen (secondary N) is 2. The lowest BCUT2D eigenvalue weighted by atomic mass is 10.0. The summed E-state index contributed by atoms with van der Waals surface area (Å²) >= 11 is 3.40. The van der Waals surface area contributed by atoms with E-state index in [4.69, 9.17) is 0 Å². The Bertz CT molecular complexity index is 511. The molecule has 1 amide bonds. The first-order valence-electron chi connectivity index (χ1n) is 7.14. The molecule has 0 heterocycles. The van der Waals surface area contributed by atoms with Gasteiger partial charge in [-0.05, 0) is 38.1 Å². The summed E-state index contributed by atoms with van der Waals surface area (Å²) in [5.74, 6) is -0.0262. The predicted molar refractivity (Wildman–Crippen MR) is 93.4 cm³/mol. The topological polar surface area (TPSA) is 41.1 Å². The lowest BCUT2D eigenvalue weighted by Gasteiger charge is -2.18. The molecule has 1 unspecified atom stereocenters. The summed E-state index contributed by atoms with van der Waals surface area (Å²) in [7, 11) is 1.81. The molecule has 114 valence electrons. The molecule has 0 radical (unpaired) electrons. The standard InChI is InChI=1S/C17H23BrN2O/c1-4-7-13(8-5-2)11-16(19-3)17(21)20-15-10-6-9-14(18)12-15/h4,6-7,9-10,12,16,19H,1,5,8,11H2,2-3H3,(H,20,21)/b13-7+. The van der Waals surface area contributed by atoms with Crippen LogP contribution in [0, 0.1) is 0 Å². The fourth-order valence-electron chi connectivity index (χ4n) is 2.12. The Labute approximate surface area is 135 Å². The van der Waals surface area contributed by atoms with Crippen LogP contribution in [0.5, 0.6) is 0 Å². The van der Waals surface area contributed by atoms with Crippen molar-refractivity contribution in [3.05, 3.63) is 53.0 Å². The van der Waals surface area contributed by atoms with E-state index in [0.717, 1.165) is 23.0 Å². The summed E-state index contributed by atoms with van der Waals surface area (Å²) in [6.07, 6.45) is 6.51. The fourth-order valence-corrected chi connectivity index (χ4v) is 2.52. The Morgan fingerprint density at radius 3 is 2.81 bits per heavy atom. The Kier molecular flexibility index (Phi) is 8.01. The van der Waals surface area contributed by atoms with E-state index < -0.39 is 0 Å². The Morgan fingerprint density at radius 1 is 1.48 bits per heavy atom. The van der Waals surface area contributed by atoms with Crippen LogP contribution in [0.3, 0.4) is 0 Å². The van der Waals surface area contributed by atoms with Gasteiger partial charge in [0.15, 0.2) is 0 Å². The monoisotopic (exact) mass is 350 g/mol. The van der Waals surface area contributed by atoms with Crippen LogP contribution in [-0.4, -0.2) is 19.0 Å². The van der Waals surface area contributed by atoms with Crippen molar-refractivity contribution in [1.29, 1.82) is 0 Å². The van der Waals surface area contributed by atoms with Crippen molar-refractivity contribution in [2.75, 3.05) is 12.4 Å². The summed E-state index contributed by atoms with van der Waals surface area (Å²) < 4.78 is 0.944. The minimum Gasteiger partial charge on any atom is -0.325 e. The van der Waals surface area contributed by atoms with E-state index in [9.17, 15) is 4.79 Å². The molecule has 1 aromatic rings. The molecule has 1 atom stereocenters. The summed E-state index contributed by atoms with van der Waals surface area (Å²) in [6.45, 7) is 5.87. The number of likely N-dealkylation sites (N-methyl/N-ethyl adjacent to an activating group) is 1. The zero-order chi connectivity index (χ0) is 15.7. The molecule has 2 N–H and O–H groups in total. The van der Waals surface area contributed by atoms with Crippen LogP contribution in [-0.2, 0) is 4.79 Å². The maximum absolute atomic E-state index is 12.4. The number of anilines is 1. The molecule has 0 aromatic heterocycles. The summed E-state index contributed by atoms with van der Waals surface area (Å²) in [5, 5.41) is 6.02. The van der Waals surface area contributed by atoms with Gasteiger partial charge < -0.3 is 10.6 Å². The van der Waals surface area contributed by atoms with Crippen LogP contribution < -0.4 is 10.6 Å². The van der Waals surface area contributed by atoms with Crippen LogP contribution in [0.1, 0.15) is 26.2 Å². The van der Waals surface area contributed by atoms with Crippen molar-refractivity contribution in [1.82, 2.24) is 5.32 Å². The van der Waals surface area contributed by atoms with Gasteiger partial charge in [-0.1, -0.05) is 59.6 Å². The van der Waals surface area contributed by atoms with Gasteiger partial charge in [0.1, 0.15) is 0 Å². The van der Waals surface area contributed by atoms with Crippen molar-refractivity contribution >= 4 is 27.5 Å². The number of halogens is 1. The number of carbonyl (C=O) groups excluding carboxylic acids is 1. The lowest BCUT2D eigenvalue weighted by molar-refractivity contribution is -0.118. The molecule has 0 bridgehead atoms. The van der Waals surface area contributed by atoms with E-state index >= 15 is 0 Å². The van der Waals surface area contributed by atoms with E-state index in [1.165, 1.54) is 5.57 Å². The van der Waals surface area contributed by atoms with Crippen LogP contribution >= 0.6 is 15.9 Å². The molecule has 0 aliphatic heterocycles. The minimum atomic E-state index is -0.248. The van der Waals surface area contributed by atoms with Crippen LogP contribution in [0.15, 0.2) is 53.0 Å². The molecular formula is C17H23BrN2O. The van der Waals surface area contributed by atoms with Gasteiger partial charge in [-0.25, -0.2) is 0 Å². The molecule has 0 aliphatic carbocycles. The third-order valence-electron chi connectivity index (χ3n) is 3.15. The average Bonchev–Trinajstić information content (AvgIpc) is 2.45. The maximum atomic E-state index is 12.4. The third-order valence-corrected chi connectivity index (χ3v) is 3.64.